The van der Waals surface area contributed by atoms with Crippen LogP contribution in [0.3, 0.4) is 0 Å². The van der Waals surface area contributed by atoms with Crippen molar-refractivity contribution < 1.29 is 37.3 Å². The summed E-state index contributed by atoms with van der Waals surface area (Å²) >= 11 is 0. The van der Waals surface area contributed by atoms with Crippen LogP contribution >= 0.6 is 0 Å². The molecule has 0 N–H and O–H groups in total. The van der Waals surface area contributed by atoms with Crippen molar-refractivity contribution in [2.45, 2.75) is 86.1 Å². The molecule has 0 atom stereocenters. The standard InChI is InChI=1S/2C27H27FN2O3.CH4/c1-27(2,3)33-26(31)30(19-21-7-5-4-6-8-21)16-15-20-9-13-24(14-10-20)32-25-17-23(28)12-11-22(25)18-29;1-27(2,3)33-26(31)30(19-21-7-5-4-6-8-21)16-15-20-9-12-23(13-10-20)32-24-14-11-22(18-29)25(28)17-24;/h2*4-14,17H,15-16,19H2,1-3H3;1H4. The van der Waals surface area contributed by atoms with E-state index in [4.69, 9.17) is 24.2 Å². The number of ether oxygens (including phenoxy) is 4. The molecule has 0 aliphatic rings. The summed E-state index contributed by atoms with van der Waals surface area (Å²) in [6.45, 7) is 13.0. The van der Waals surface area contributed by atoms with Gasteiger partial charge in [-0.15, -0.1) is 0 Å². The highest BCUT2D eigenvalue weighted by atomic mass is 19.1. The third-order valence-corrected chi connectivity index (χ3v) is 9.51. The second-order valence-electron chi connectivity index (χ2n) is 17.3. The van der Waals surface area contributed by atoms with Gasteiger partial charge in [0.25, 0.3) is 0 Å². The molecule has 0 bridgehead atoms. The Hall–Kier alpha value is -7.70. The Labute approximate surface area is 393 Å². The first-order chi connectivity index (χ1) is 31.5. The van der Waals surface area contributed by atoms with Crippen molar-refractivity contribution in [1.82, 2.24) is 9.80 Å². The molecule has 0 aliphatic heterocycles. The van der Waals surface area contributed by atoms with Gasteiger partial charge in [-0.2, -0.15) is 10.5 Å². The van der Waals surface area contributed by atoms with Crippen molar-refractivity contribution in [1.29, 1.82) is 10.5 Å². The van der Waals surface area contributed by atoms with Crippen LogP contribution in [0.1, 0.15) is 82.3 Å². The summed E-state index contributed by atoms with van der Waals surface area (Å²) in [7, 11) is 0. The number of rotatable bonds is 14. The summed E-state index contributed by atoms with van der Waals surface area (Å²) in [6, 6.07) is 46.0. The lowest BCUT2D eigenvalue weighted by Gasteiger charge is -2.27. The van der Waals surface area contributed by atoms with Gasteiger partial charge in [0, 0.05) is 38.3 Å². The van der Waals surface area contributed by atoms with Crippen LogP contribution in [0.2, 0.25) is 0 Å². The molecule has 0 aliphatic carbocycles. The first kappa shape index (κ1) is 51.9. The summed E-state index contributed by atoms with van der Waals surface area (Å²) in [4.78, 5) is 28.9. The second kappa shape index (κ2) is 24.6. The van der Waals surface area contributed by atoms with Crippen LogP contribution < -0.4 is 9.47 Å². The first-order valence-electron chi connectivity index (χ1n) is 21.4. The number of amides is 2. The van der Waals surface area contributed by atoms with E-state index in [0.29, 0.717) is 56.3 Å². The molecule has 0 saturated heterocycles. The molecule has 6 aromatic carbocycles. The minimum absolute atomic E-state index is 0. The van der Waals surface area contributed by atoms with E-state index in [1.807, 2.05) is 133 Å². The Morgan fingerprint density at radius 3 is 1.36 bits per heavy atom. The highest BCUT2D eigenvalue weighted by Gasteiger charge is 2.24. The van der Waals surface area contributed by atoms with Gasteiger partial charge in [-0.1, -0.05) is 92.4 Å². The van der Waals surface area contributed by atoms with Gasteiger partial charge < -0.3 is 28.7 Å². The summed E-state index contributed by atoms with van der Waals surface area (Å²) in [6.07, 6.45) is 0.545. The van der Waals surface area contributed by atoms with E-state index in [9.17, 15) is 23.6 Å². The summed E-state index contributed by atoms with van der Waals surface area (Å²) in [5.74, 6) is 0.446. The van der Waals surface area contributed by atoms with Crippen LogP contribution in [0.15, 0.2) is 146 Å². The van der Waals surface area contributed by atoms with Gasteiger partial charge in [-0.25, -0.2) is 18.4 Å². The molecule has 0 aromatic heterocycles. The SMILES string of the molecule is C.CC(C)(C)OC(=O)N(CCc1ccc(Oc2cc(F)ccc2C#N)cc1)Cc1ccccc1.CC(C)(C)OC(=O)N(CCc1ccc(Oc2ccc(C#N)c(F)c2)cc1)Cc1ccccc1. The van der Waals surface area contributed by atoms with Crippen LogP contribution in [0, 0.1) is 34.3 Å². The molecule has 348 valence electrons. The van der Waals surface area contributed by atoms with Gasteiger partial charge >= 0.3 is 12.2 Å². The zero-order valence-corrected chi connectivity index (χ0v) is 38.1. The fourth-order valence-corrected chi connectivity index (χ4v) is 6.29. The third kappa shape index (κ3) is 17.7. The average molecular weight is 909 g/mol. The van der Waals surface area contributed by atoms with Gasteiger partial charge in [0.1, 0.15) is 58.0 Å². The van der Waals surface area contributed by atoms with E-state index in [1.165, 1.54) is 30.3 Å². The van der Waals surface area contributed by atoms with E-state index in [0.717, 1.165) is 22.3 Å². The lowest BCUT2D eigenvalue weighted by molar-refractivity contribution is 0.0225. The normalized spacial score (nSPS) is 10.7. The van der Waals surface area contributed by atoms with Gasteiger partial charge in [-0.3, -0.25) is 0 Å². The number of carbonyl (C=O) groups excluding carboxylic acids is 2. The molecule has 6 aromatic rings. The largest absolute Gasteiger partial charge is 0.457 e. The highest BCUT2D eigenvalue weighted by molar-refractivity contribution is 5.68. The van der Waals surface area contributed by atoms with Gasteiger partial charge in [0.15, 0.2) is 0 Å². The Bertz CT molecular complexity index is 2600. The number of hydrogen-bond donors (Lipinski definition) is 0. The van der Waals surface area contributed by atoms with Crippen molar-refractivity contribution in [2.75, 3.05) is 13.1 Å². The van der Waals surface area contributed by atoms with Crippen molar-refractivity contribution >= 4 is 12.2 Å². The Balaban J connectivity index is 0.000000288. The summed E-state index contributed by atoms with van der Waals surface area (Å²) < 4.78 is 49.8. The molecule has 0 saturated carbocycles. The Kier molecular flexibility index (Phi) is 19.0. The number of hydrogen-bond acceptors (Lipinski definition) is 8. The van der Waals surface area contributed by atoms with Crippen molar-refractivity contribution in [3.63, 3.8) is 0 Å². The van der Waals surface area contributed by atoms with Gasteiger partial charge in [0.05, 0.1) is 11.1 Å². The topological polar surface area (TPSA) is 125 Å². The van der Waals surface area contributed by atoms with Crippen LogP contribution in [0.25, 0.3) is 0 Å². The van der Waals surface area contributed by atoms with Crippen LogP contribution in [0.4, 0.5) is 18.4 Å². The summed E-state index contributed by atoms with van der Waals surface area (Å²) in [5.41, 5.74) is 3.16. The van der Waals surface area contributed by atoms with Crippen LogP contribution in [-0.4, -0.2) is 46.3 Å². The second-order valence-corrected chi connectivity index (χ2v) is 17.3. The highest BCUT2D eigenvalue weighted by Crippen LogP contribution is 2.27. The minimum atomic E-state index is -0.618. The maximum absolute atomic E-state index is 13.8. The number of halogens is 2. The zero-order valence-electron chi connectivity index (χ0n) is 38.1. The maximum atomic E-state index is 13.8. The van der Waals surface area contributed by atoms with E-state index in [2.05, 4.69) is 0 Å². The molecule has 0 heterocycles. The predicted octanol–water partition coefficient (Wildman–Crippen LogP) is 13.6. The monoisotopic (exact) mass is 908 g/mol. The van der Waals surface area contributed by atoms with Gasteiger partial charge in [0.2, 0.25) is 0 Å². The predicted molar refractivity (Wildman–Crippen MR) is 256 cm³/mol. The lowest BCUT2D eigenvalue weighted by atomic mass is 10.1. The van der Waals surface area contributed by atoms with Crippen molar-refractivity contribution in [3.8, 4) is 35.1 Å². The van der Waals surface area contributed by atoms with Crippen molar-refractivity contribution in [2.24, 2.45) is 0 Å². The summed E-state index contributed by atoms with van der Waals surface area (Å²) in [5, 5.41) is 18.0. The molecule has 2 amide bonds. The molecule has 6 rings (SSSR count). The quantitative estimate of drug-likeness (QED) is 0.106. The third-order valence-electron chi connectivity index (χ3n) is 9.51. The fourth-order valence-electron chi connectivity index (χ4n) is 6.29. The van der Waals surface area contributed by atoms with E-state index < -0.39 is 22.8 Å². The number of nitriles is 2. The van der Waals surface area contributed by atoms with E-state index in [1.54, 1.807) is 46.2 Å². The van der Waals surface area contributed by atoms with Crippen LogP contribution in [-0.2, 0) is 35.4 Å². The Morgan fingerprint density at radius 2 is 0.940 bits per heavy atom. The Morgan fingerprint density at radius 1 is 0.522 bits per heavy atom. The molecule has 0 unspecified atom stereocenters. The molecule has 0 radical (unpaired) electrons. The first-order valence-corrected chi connectivity index (χ1v) is 21.4. The molecule has 12 heteroatoms. The van der Waals surface area contributed by atoms with Crippen molar-refractivity contribution in [3.05, 3.63) is 191 Å². The maximum Gasteiger partial charge on any atom is 0.410 e. The minimum Gasteiger partial charge on any atom is -0.457 e. The molecule has 0 spiro atoms. The number of nitrogens with zero attached hydrogens (tertiary/aromatic N) is 4. The van der Waals surface area contributed by atoms with Crippen LogP contribution in [0.5, 0.6) is 23.0 Å². The zero-order chi connectivity index (χ0) is 47.7. The van der Waals surface area contributed by atoms with Gasteiger partial charge in [-0.05, 0) is 125 Å². The smallest absolute Gasteiger partial charge is 0.410 e. The molecular formula is C55H58F2N4O6. The number of carbonyl (C=O) groups is 2. The van der Waals surface area contributed by atoms with E-state index >= 15 is 0 Å². The number of benzene rings is 6. The average Bonchev–Trinajstić information content (AvgIpc) is 3.27. The van der Waals surface area contributed by atoms with E-state index in [-0.39, 0.29) is 36.5 Å². The lowest BCUT2D eigenvalue weighted by Crippen LogP contribution is -2.37. The molecule has 0 fully saturated rings. The molecule has 67 heavy (non-hydrogen) atoms. The molecule has 10 nitrogen and oxygen atoms in total. The fraction of sp³-hybridized carbons (Fsp3) is 0.273. The molecular weight excluding hydrogens is 851 g/mol.